The Kier molecular flexibility index (Phi) is 2.63. The van der Waals surface area contributed by atoms with Gasteiger partial charge in [0.1, 0.15) is 0 Å². The van der Waals surface area contributed by atoms with E-state index in [0.29, 0.717) is 0 Å². The molecule has 4 heteroatoms. The molecule has 74 valence electrons. The largest absolute Gasteiger partial charge is 0.479 e. The van der Waals surface area contributed by atoms with Crippen LogP contribution in [0.25, 0.3) is 0 Å². The van der Waals surface area contributed by atoms with Crippen molar-refractivity contribution >= 4 is 23.4 Å². The minimum absolute atomic E-state index is 0.419. The van der Waals surface area contributed by atoms with Gasteiger partial charge in [0.2, 0.25) is 0 Å². The van der Waals surface area contributed by atoms with E-state index in [-0.39, 0.29) is 0 Å². The number of benzene rings is 1. The Labute approximate surface area is 86.7 Å². The van der Waals surface area contributed by atoms with Gasteiger partial charge in [-0.15, -0.1) is 11.8 Å². The van der Waals surface area contributed by atoms with Gasteiger partial charge in [0, 0.05) is 18.0 Å². The van der Waals surface area contributed by atoms with Crippen LogP contribution in [-0.4, -0.2) is 28.7 Å². The monoisotopic (exact) mass is 209 g/mol. The minimum atomic E-state index is -0.753. The lowest BCUT2D eigenvalue weighted by Crippen LogP contribution is -2.34. The summed E-state index contributed by atoms with van der Waals surface area (Å²) in [5.41, 5.74) is 0.991. The Bertz CT molecular complexity index is 328. The maximum Gasteiger partial charge on any atom is 0.336 e. The van der Waals surface area contributed by atoms with Crippen molar-refractivity contribution in [2.45, 2.75) is 5.37 Å². The average molecular weight is 209 g/mol. The molecule has 1 saturated heterocycles. The molecule has 1 aliphatic rings. The van der Waals surface area contributed by atoms with Gasteiger partial charge < -0.3 is 10.0 Å². The fraction of sp³-hybridized carbons (Fsp3) is 0.300. The number of thioether (sulfide) groups is 1. The maximum atomic E-state index is 10.9. The highest BCUT2D eigenvalue weighted by Gasteiger charge is 2.31. The lowest BCUT2D eigenvalue weighted by Gasteiger charge is -2.22. The van der Waals surface area contributed by atoms with E-state index in [1.165, 1.54) is 11.8 Å². The van der Waals surface area contributed by atoms with Crippen LogP contribution in [0.15, 0.2) is 30.3 Å². The van der Waals surface area contributed by atoms with Gasteiger partial charge in [0.15, 0.2) is 5.37 Å². The second-order valence-electron chi connectivity index (χ2n) is 3.09. The molecule has 1 fully saturated rings. The predicted octanol–water partition coefficient (Wildman–Crippen LogP) is 1.65. The van der Waals surface area contributed by atoms with E-state index in [4.69, 9.17) is 5.11 Å². The lowest BCUT2D eigenvalue weighted by atomic mass is 10.3. The van der Waals surface area contributed by atoms with E-state index < -0.39 is 11.3 Å². The summed E-state index contributed by atoms with van der Waals surface area (Å²) in [7, 11) is 0. The standard InChI is InChI=1S/C10H11NO2S/c12-10(13)9-11(6-7-14-9)8-4-2-1-3-5-8/h1-5,9H,6-7H2,(H,12,13)/t9-/m0/s1. The van der Waals surface area contributed by atoms with Crippen LogP contribution in [0.4, 0.5) is 5.69 Å². The van der Waals surface area contributed by atoms with Gasteiger partial charge in [-0.1, -0.05) is 18.2 Å². The summed E-state index contributed by atoms with van der Waals surface area (Å²) in [6.45, 7) is 0.811. The molecule has 1 atom stereocenters. The summed E-state index contributed by atoms with van der Waals surface area (Å²) >= 11 is 1.48. The number of nitrogens with zero attached hydrogens (tertiary/aromatic N) is 1. The predicted molar refractivity (Wildman–Crippen MR) is 57.7 cm³/mol. The highest BCUT2D eigenvalue weighted by molar-refractivity contribution is 8.01. The smallest absolute Gasteiger partial charge is 0.336 e. The first kappa shape index (κ1) is 9.40. The SMILES string of the molecule is O=C(O)[C@@H]1SCCN1c1ccccc1. The van der Waals surface area contributed by atoms with Crippen molar-refractivity contribution in [1.82, 2.24) is 0 Å². The molecule has 0 aliphatic carbocycles. The molecule has 0 saturated carbocycles. The number of hydrogen-bond donors (Lipinski definition) is 1. The number of hydrogen-bond acceptors (Lipinski definition) is 3. The molecule has 2 rings (SSSR count). The summed E-state index contributed by atoms with van der Waals surface area (Å²) in [6.07, 6.45) is 0. The summed E-state index contributed by atoms with van der Waals surface area (Å²) in [6, 6.07) is 9.68. The molecule has 1 aromatic rings. The number of para-hydroxylation sites is 1. The second kappa shape index (κ2) is 3.92. The molecule has 14 heavy (non-hydrogen) atoms. The first-order valence-corrected chi connectivity index (χ1v) is 5.50. The zero-order valence-electron chi connectivity index (χ0n) is 7.59. The Hall–Kier alpha value is -1.16. The average Bonchev–Trinajstić information content (AvgIpc) is 2.67. The molecule has 1 N–H and O–H groups in total. The fourth-order valence-electron chi connectivity index (χ4n) is 1.56. The topological polar surface area (TPSA) is 40.5 Å². The van der Waals surface area contributed by atoms with Crippen LogP contribution in [0.5, 0.6) is 0 Å². The number of carboxylic acids is 1. The van der Waals surface area contributed by atoms with Crippen molar-refractivity contribution in [2.24, 2.45) is 0 Å². The normalized spacial score (nSPS) is 21.1. The van der Waals surface area contributed by atoms with Gasteiger partial charge in [0.25, 0.3) is 0 Å². The Morgan fingerprint density at radius 2 is 2.14 bits per heavy atom. The number of aliphatic carboxylic acids is 1. The summed E-state index contributed by atoms with van der Waals surface area (Å²) in [4.78, 5) is 12.8. The van der Waals surface area contributed by atoms with Crippen LogP contribution in [-0.2, 0) is 4.79 Å². The molecule has 1 aliphatic heterocycles. The van der Waals surface area contributed by atoms with E-state index in [1.807, 2.05) is 35.2 Å². The van der Waals surface area contributed by atoms with Crippen LogP contribution in [0, 0.1) is 0 Å². The molecular formula is C10H11NO2S. The van der Waals surface area contributed by atoms with E-state index in [9.17, 15) is 4.79 Å². The van der Waals surface area contributed by atoms with Gasteiger partial charge in [0.05, 0.1) is 0 Å². The van der Waals surface area contributed by atoms with Gasteiger partial charge in [-0.25, -0.2) is 4.79 Å². The molecule has 0 spiro atoms. The first-order valence-electron chi connectivity index (χ1n) is 4.45. The van der Waals surface area contributed by atoms with Crippen LogP contribution in [0.1, 0.15) is 0 Å². The number of carboxylic acid groups (broad SMARTS) is 1. The summed E-state index contributed by atoms with van der Waals surface area (Å²) in [5, 5.41) is 8.56. The zero-order chi connectivity index (χ0) is 9.97. The van der Waals surface area contributed by atoms with Gasteiger partial charge in [-0.05, 0) is 12.1 Å². The van der Waals surface area contributed by atoms with E-state index in [1.54, 1.807) is 0 Å². The van der Waals surface area contributed by atoms with Crippen molar-refractivity contribution in [1.29, 1.82) is 0 Å². The van der Waals surface area contributed by atoms with Gasteiger partial charge in [-0.2, -0.15) is 0 Å². The van der Waals surface area contributed by atoms with Crippen molar-refractivity contribution in [2.75, 3.05) is 17.2 Å². The van der Waals surface area contributed by atoms with E-state index >= 15 is 0 Å². The fourth-order valence-corrected chi connectivity index (χ4v) is 2.63. The second-order valence-corrected chi connectivity index (χ2v) is 4.28. The molecule has 0 unspecified atom stereocenters. The van der Waals surface area contributed by atoms with E-state index in [0.717, 1.165) is 18.0 Å². The van der Waals surface area contributed by atoms with Crippen molar-refractivity contribution in [3.05, 3.63) is 30.3 Å². The quantitative estimate of drug-likeness (QED) is 0.804. The van der Waals surface area contributed by atoms with E-state index in [2.05, 4.69) is 0 Å². The lowest BCUT2D eigenvalue weighted by molar-refractivity contribution is -0.136. The van der Waals surface area contributed by atoms with Crippen molar-refractivity contribution < 1.29 is 9.90 Å². The summed E-state index contributed by atoms with van der Waals surface area (Å²) < 4.78 is 0. The third-order valence-corrected chi connectivity index (χ3v) is 3.38. The molecule has 0 aromatic heterocycles. The van der Waals surface area contributed by atoms with Gasteiger partial charge in [-0.3, -0.25) is 0 Å². The maximum absolute atomic E-state index is 10.9. The van der Waals surface area contributed by atoms with Crippen LogP contribution in [0.3, 0.4) is 0 Å². The van der Waals surface area contributed by atoms with Crippen LogP contribution in [0.2, 0.25) is 0 Å². The van der Waals surface area contributed by atoms with Crippen molar-refractivity contribution in [3.8, 4) is 0 Å². The minimum Gasteiger partial charge on any atom is -0.479 e. The third kappa shape index (κ3) is 1.70. The highest BCUT2D eigenvalue weighted by atomic mass is 32.2. The Balaban J connectivity index is 2.22. The Morgan fingerprint density at radius 1 is 1.43 bits per heavy atom. The molecule has 0 bridgehead atoms. The molecule has 0 radical (unpaired) electrons. The van der Waals surface area contributed by atoms with Gasteiger partial charge >= 0.3 is 5.97 Å². The molecule has 1 heterocycles. The van der Waals surface area contributed by atoms with Crippen molar-refractivity contribution in [3.63, 3.8) is 0 Å². The molecule has 3 nitrogen and oxygen atoms in total. The summed E-state index contributed by atoms with van der Waals surface area (Å²) in [5.74, 6) is 0.127. The molecule has 1 aromatic carbocycles. The first-order chi connectivity index (χ1) is 6.79. The van der Waals surface area contributed by atoms with Crippen LogP contribution < -0.4 is 4.90 Å². The number of anilines is 1. The zero-order valence-corrected chi connectivity index (χ0v) is 8.41. The number of rotatable bonds is 2. The van der Waals surface area contributed by atoms with Crippen LogP contribution >= 0.6 is 11.8 Å². The molecular weight excluding hydrogens is 198 g/mol. The highest BCUT2D eigenvalue weighted by Crippen LogP contribution is 2.29. The third-order valence-electron chi connectivity index (χ3n) is 2.19. The molecule has 0 amide bonds. The number of carbonyl (C=O) groups is 1. The Morgan fingerprint density at radius 3 is 2.79 bits per heavy atom.